The van der Waals surface area contributed by atoms with Crippen molar-refractivity contribution in [1.29, 1.82) is 0 Å². The SMILES string of the molecule is CCn1c(N2CCC[C@@H](N)C2)nc2c1c(=O)n(Cc1nc(C3CC3)c3ccccc3n1)c(=O)n2C. The van der Waals surface area contributed by atoms with E-state index in [1.807, 2.05) is 35.8 Å². The zero-order valence-electron chi connectivity index (χ0n) is 20.1. The number of hydrogen-bond acceptors (Lipinski definition) is 7. The largest absolute Gasteiger partial charge is 0.341 e. The predicted octanol–water partition coefficient (Wildman–Crippen LogP) is 1.71. The Morgan fingerprint density at radius 3 is 2.60 bits per heavy atom. The van der Waals surface area contributed by atoms with Crippen LogP contribution in [0.3, 0.4) is 0 Å². The van der Waals surface area contributed by atoms with E-state index in [1.54, 1.807) is 7.05 Å². The van der Waals surface area contributed by atoms with Gasteiger partial charge in [-0.05, 0) is 38.7 Å². The summed E-state index contributed by atoms with van der Waals surface area (Å²) < 4.78 is 4.60. The van der Waals surface area contributed by atoms with Crippen molar-refractivity contribution in [3.8, 4) is 0 Å². The number of anilines is 1. The van der Waals surface area contributed by atoms with Gasteiger partial charge < -0.3 is 15.2 Å². The summed E-state index contributed by atoms with van der Waals surface area (Å²) in [6, 6.07) is 8.00. The first kappa shape index (κ1) is 22.0. The number of aryl methyl sites for hydroxylation is 2. The minimum atomic E-state index is -0.421. The Morgan fingerprint density at radius 2 is 1.86 bits per heavy atom. The Morgan fingerprint density at radius 1 is 1.06 bits per heavy atom. The number of piperidine rings is 1. The highest BCUT2D eigenvalue weighted by atomic mass is 16.2. The molecule has 2 N–H and O–H groups in total. The smallest absolute Gasteiger partial charge is 0.332 e. The second kappa shape index (κ2) is 8.30. The molecule has 35 heavy (non-hydrogen) atoms. The molecule has 2 aliphatic rings. The molecule has 0 bridgehead atoms. The summed E-state index contributed by atoms with van der Waals surface area (Å²) in [5, 5.41) is 1.04. The van der Waals surface area contributed by atoms with Gasteiger partial charge in [-0.15, -0.1) is 0 Å². The summed E-state index contributed by atoms with van der Waals surface area (Å²) >= 11 is 0. The van der Waals surface area contributed by atoms with Crippen LogP contribution in [0.25, 0.3) is 22.1 Å². The van der Waals surface area contributed by atoms with E-state index in [4.69, 9.17) is 20.7 Å². The second-order valence-electron chi connectivity index (χ2n) is 9.73. The summed E-state index contributed by atoms with van der Waals surface area (Å²) in [5.41, 5.74) is 8.09. The van der Waals surface area contributed by atoms with Crippen molar-refractivity contribution in [3.05, 3.63) is 56.6 Å². The number of hydrogen-bond donors (Lipinski definition) is 1. The quantitative estimate of drug-likeness (QED) is 0.468. The van der Waals surface area contributed by atoms with Crippen LogP contribution in [-0.4, -0.2) is 47.8 Å². The van der Waals surface area contributed by atoms with Crippen molar-refractivity contribution in [2.24, 2.45) is 12.8 Å². The molecule has 0 spiro atoms. The first-order valence-electron chi connectivity index (χ1n) is 12.4. The molecule has 1 aliphatic heterocycles. The third kappa shape index (κ3) is 3.63. The molecule has 1 atom stereocenters. The number of nitrogens with zero attached hydrogens (tertiary/aromatic N) is 7. The molecule has 1 aliphatic carbocycles. The van der Waals surface area contributed by atoms with Crippen molar-refractivity contribution in [1.82, 2.24) is 28.7 Å². The minimum Gasteiger partial charge on any atom is -0.341 e. The zero-order chi connectivity index (χ0) is 24.3. The molecule has 6 rings (SSSR count). The van der Waals surface area contributed by atoms with Gasteiger partial charge in [0.05, 0.1) is 17.8 Å². The maximum Gasteiger partial charge on any atom is 0.332 e. The van der Waals surface area contributed by atoms with Gasteiger partial charge in [0.1, 0.15) is 5.82 Å². The molecular formula is C25H30N8O2. The fourth-order valence-electron chi connectivity index (χ4n) is 5.26. The first-order valence-corrected chi connectivity index (χ1v) is 12.4. The molecule has 3 aromatic heterocycles. The molecule has 10 heteroatoms. The molecule has 1 saturated heterocycles. The third-order valence-electron chi connectivity index (χ3n) is 7.21. The van der Waals surface area contributed by atoms with Crippen molar-refractivity contribution < 1.29 is 0 Å². The van der Waals surface area contributed by atoms with E-state index in [-0.39, 0.29) is 18.1 Å². The van der Waals surface area contributed by atoms with E-state index in [9.17, 15) is 9.59 Å². The normalized spacial score (nSPS) is 18.6. The molecule has 0 amide bonds. The Kier molecular flexibility index (Phi) is 5.21. The maximum absolute atomic E-state index is 13.7. The van der Waals surface area contributed by atoms with Crippen LogP contribution in [-0.2, 0) is 20.1 Å². The number of para-hydroxylation sites is 1. The van der Waals surface area contributed by atoms with Crippen LogP contribution >= 0.6 is 0 Å². The summed E-state index contributed by atoms with van der Waals surface area (Å²) in [6.07, 6.45) is 4.15. The van der Waals surface area contributed by atoms with E-state index in [2.05, 4.69) is 4.90 Å². The van der Waals surface area contributed by atoms with Crippen molar-refractivity contribution in [3.63, 3.8) is 0 Å². The van der Waals surface area contributed by atoms with Gasteiger partial charge in [-0.2, -0.15) is 4.98 Å². The fraction of sp³-hybridized carbons (Fsp3) is 0.480. The Labute approximate surface area is 202 Å². The van der Waals surface area contributed by atoms with E-state index < -0.39 is 5.69 Å². The van der Waals surface area contributed by atoms with Crippen LogP contribution in [0.15, 0.2) is 33.9 Å². The summed E-state index contributed by atoms with van der Waals surface area (Å²) in [7, 11) is 1.66. The van der Waals surface area contributed by atoms with E-state index >= 15 is 0 Å². The molecule has 4 aromatic rings. The van der Waals surface area contributed by atoms with Gasteiger partial charge in [0.2, 0.25) is 5.95 Å². The molecule has 10 nitrogen and oxygen atoms in total. The number of nitrogens with two attached hydrogens (primary N) is 1. The van der Waals surface area contributed by atoms with E-state index in [0.717, 1.165) is 48.8 Å². The Balaban J connectivity index is 1.49. The molecular weight excluding hydrogens is 444 g/mol. The molecule has 182 valence electrons. The monoisotopic (exact) mass is 474 g/mol. The Hall–Kier alpha value is -3.53. The standard InChI is InChI=1S/C25H30N8O2/c1-3-32-21-22(29-24(32)31-12-6-7-16(26)13-31)30(2)25(35)33(23(21)34)14-19-27-18-9-5-4-8-17(18)20(28-19)15-10-11-15/h4-5,8-9,15-16H,3,6-7,10-14,26H2,1-2H3/t16-/m1/s1. The third-order valence-corrected chi connectivity index (χ3v) is 7.21. The van der Waals surface area contributed by atoms with Crippen LogP contribution in [0, 0.1) is 0 Å². The van der Waals surface area contributed by atoms with Crippen molar-refractivity contribution >= 4 is 28.0 Å². The zero-order valence-corrected chi connectivity index (χ0v) is 20.1. The molecule has 0 radical (unpaired) electrons. The van der Waals surface area contributed by atoms with Gasteiger partial charge in [-0.25, -0.2) is 14.8 Å². The van der Waals surface area contributed by atoms with Crippen LogP contribution in [0.5, 0.6) is 0 Å². The average molecular weight is 475 g/mol. The van der Waals surface area contributed by atoms with Crippen LogP contribution in [0.1, 0.15) is 50.0 Å². The van der Waals surface area contributed by atoms with E-state index in [0.29, 0.717) is 41.9 Å². The highest BCUT2D eigenvalue weighted by Crippen LogP contribution is 2.41. The van der Waals surface area contributed by atoms with Gasteiger partial charge in [-0.1, -0.05) is 18.2 Å². The molecule has 4 heterocycles. The maximum atomic E-state index is 13.7. The highest BCUT2D eigenvalue weighted by Gasteiger charge is 2.29. The lowest BCUT2D eigenvalue weighted by molar-refractivity contribution is 0.494. The fourth-order valence-corrected chi connectivity index (χ4v) is 5.26. The number of imidazole rings is 1. The predicted molar refractivity (Wildman–Crippen MR) is 135 cm³/mol. The molecule has 1 saturated carbocycles. The van der Waals surface area contributed by atoms with Gasteiger partial charge in [0.15, 0.2) is 11.2 Å². The van der Waals surface area contributed by atoms with Gasteiger partial charge >= 0.3 is 5.69 Å². The first-order chi connectivity index (χ1) is 17.0. The lowest BCUT2D eigenvalue weighted by Gasteiger charge is -2.31. The highest BCUT2D eigenvalue weighted by molar-refractivity contribution is 5.81. The number of benzene rings is 1. The lowest BCUT2D eigenvalue weighted by atomic mass is 10.1. The van der Waals surface area contributed by atoms with Gasteiger partial charge in [0.25, 0.3) is 5.56 Å². The van der Waals surface area contributed by atoms with Crippen LogP contribution in [0.4, 0.5) is 5.95 Å². The van der Waals surface area contributed by atoms with Crippen molar-refractivity contribution in [2.45, 2.75) is 57.7 Å². The summed E-state index contributed by atoms with van der Waals surface area (Å²) in [5.74, 6) is 1.60. The molecule has 2 fully saturated rings. The number of aromatic nitrogens is 6. The summed E-state index contributed by atoms with van der Waals surface area (Å²) in [4.78, 5) is 43.4. The lowest BCUT2D eigenvalue weighted by Crippen LogP contribution is -2.44. The summed E-state index contributed by atoms with van der Waals surface area (Å²) in [6.45, 7) is 4.07. The van der Waals surface area contributed by atoms with E-state index in [1.165, 1.54) is 9.13 Å². The number of rotatable bonds is 5. The minimum absolute atomic E-state index is 0.0187. The topological polar surface area (TPSA) is 117 Å². The Bertz CT molecular complexity index is 1560. The van der Waals surface area contributed by atoms with Crippen molar-refractivity contribution in [2.75, 3.05) is 18.0 Å². The van der Waals surface area contributed by atoms with Gasteiger partial charge in [0, 0.05) is 44.0 Å². The average Bonchev–Trinajstić information content (AvgIpc) is 3.64. The van der Waals surface area contributed by atoms with Crippen LogP contribution < -0.4 is 21.9 Å². The number of fused-ring (bicyclic) bond motifs is 2. The molecule has 1 aromatic carbocycles. The van der Waals surface area contributed by atoms with Gasteiger partial charge in [-0.3, -0.25) is 13.9 Å². The molecule has 0 unspecified atom stereocenters. The van der Waals surface area contributed by atoms with Crippen LogP contribution in [0.2, 0.25) is 0 Å². The second-order valence-corrected chi connectivity index (χ2v) is 9.73.